The number of benzene rings is 3. The van der Waals surface area contributed by atoms with E-state index in [1.165, 1.54) is 12.1 Å². The second kappa shape index (κ2) is 7.68. The van der Waals surface area contributed by atoms with Crippen molar-refractivity contribution >= 4 is 23.1 Å². The molecule has 0 aromatic heterocycles. The number of Topliss-reactive ketones (excluding diaryl/α,β-unsaturated/α-hetero) is 1. The number of hydrogen-bond donors (Lipinski definition) is 2. The number of rotatable bonds is 5. The highest BCUT2D eigenvalue weighted by atomic mass is 16.8. The molecule has 0 aliphatic rings. The number of hydrogen-bond acceptors (Lipinski definition) is 3. The van der Waals surface area contributed by atoms with Crippen molar-refractivity contribution in [2.24, 2.45) is 0 Å². The van der Waals surface area contributed by atoms with Crippen LogP contribution in [-0.2, 0) is 0 Å². The highest BCUT2D eigenvalue weighted by Gasteiger charge is 2.14. The molecule has 1 unspecified atom stereocenters. The van der Waals surface area contributed by atoms with Crippen molar-refractivity contribution in [2.45, 2.75) is 0 Å². The van der Waals surface area contributed by atoms with Crippen molar-refractivity contribution in [3.8, 4) is 0 Å². The van der Waals surface area contributed by atoms with Gasteiger partial charge >= 0.3 is 0 Å². The number of allylic oxidation sites excluding steroid dienone is 1. The highest BCUT2D eigenvalue weighted by molar-refractivity contribution is 6.32. The molecule has 0 aliphatic heterocycles. The number of nitrogens with one attached hydrogen (secondary N) is 1. The van der Waals surface area contributed by atoms with Crippen molar-refractivity contribution in [1.29, 1.82) is 0 Å². The first kappa shape index (κ1) is 16.8. The Labute approximate surface area is 145 Å². The molecule has 0 radical (unpaired) electrons. The molecule has 0 saturated carbocycles. The zero-order valence-corrected chi connectivity index (χ0v) is 13.4. The summed E-state index contributed by atoms with van der Waals surface area (Å²) in [5.74, 6) is -0.0749. The molecular weight excluding hydrogens is 314 g/mol. The average molecular weight is 331 g/mol. The fraction of sp³-hybridized carbons (Fsp3) is 0. The van der Waals surface area contributed by atoms with Crippen LogP contribution in [0.1, 0.15) is 21.5 Å². The van der Waals surface area contributed by atoms with Gasteiger partial charge in [0, 0.05) is 23.3 Å². The molecule has 4 heteroatoms. The van der Waals surface area contributed by atoms with Crippen molar-refractivity contribution in [3.05, 3.63) is 107 Å². The average Bonchev–Trinajstić information content (AvgIpc) is 2.67. The monoisotopic (exact) mass is 331 g/mol. The van der Waals surface area contributed by atoms with E-state index in [1.54, 1.807) is 30.3 Å². The van der Waals surface area contributed by atoms with Crippen LogP contribution in [0.4, 0.5) is 5.69 Å². The third-order valence-corrected chi connectivity index (χ3v) is 3.83. The topological polar surface area (TPSA) is 64.8 Å². The van der Waals surface area contributed by atoms with E-state index in [-0.39, 0.29) is 11.5 Å². The molecule has 25 heavy (non-hydrogen) atoms. The van der Waals surface area contributed by atoms with Crippen molar-refractivity contribution in [3.63, 3.8) is 0 Å². The Morgan fingerprint density at radius 3 is 1.84 bits per heavy atom. The molecule has 1 atom stereocenters. The van der Waals surface area contributed by atoms with Gasteiger partial charge in [-0.15, -0.1) is 0 Å². The Morgan fingerprint density at radius 2 is 1.32 bits per heavy atom. The van der Waals surface area contributed by atoms with Crippen LogP contribution in [0.25, 0.3) is 11.6 Å². The van der Waals surface area contributed by atoms with Crippen LogP contribution in [0.2, 0.25) is 0 Å². The molecule has 2 N–H and O–H groups in total. The minimum atomic E-state index is -0.973. The van der Waals surface area contributed by atoms with Gasteiger partial charge in [0.25, 0.3) is 0 Å². The molecule has 0 heterocycles. The van der Waals surface area contributed by atoms with Gasteiger partial charge in [0.2, 0.25) is 0 Å². The predicted molar refractivity (Wildman–Crippen MR) is 97.3 cm³/mol. The third-order valence-electron chi connectivity index (χ3n) is 3.83. The van der Waals surface area contributed by atoms with Gasteiger partial charge in [0.05, 0.1) is 0 Å². The zero-order chi connectivity index (χ0) is 17.6. The quantitative estimate of drug-likeness (QED) is 0.325. The second-order valence-electron chi connectivity index (χ2n) is 5.55. The normalized spacial score (nSPS) is 12.6. The smallest absolute Gasteiger partial charge is 0.193 e. The van der Waals surface area contributed by atoms with Gasteiger partial charge in [-0.05, 0) is 29.3 Å². The molecule has 0 amide bonds. The fourth-order valence-electron chi connectivity index (χ4n) is 2.53. The number of carbonyl (C=O) groups is 1. The third kappa shape index (κ3) is 4.08. The fourth-order valence-corrected chi connectivity index (χ4v) is 2.53. The molecule has 0 fully saturated rings. The van der Waals surface area contributed by atoms with Crippen LogP contribution in [0.5, 0.6) is 0 Å². The van der Waals surface area contributed by atoms with Crippen LogP contribution < -0.4 is 5.23 Å². The Balaban J connectivity index is 2.03. The maximum atomic E-state index is 13.0. The number of ketones is 1. The van der Waals surface area contributed by atoms with Crippen LogP contribution in [0.15, 0.2) is 84.9 Å². The van der Waals surface area contributed by atoms with E-state index >= 15 is 0 Å². The van der Waals surface area contributed by atoms with Crippen LogP contribution in [-0.4, -0.2) is 11.0 Å². The maximum absolute atomic E-state index is 13.0. The summed E-state index contributed by atoms with van der Waals surface area (Å²) in [7, 11) is 0. The Bertz CT molecular complexity index is 870. The predicted octanol–water partition coefficient (Wildman–Crippen LogP) is 3.51. The molecule has 0 spiro atoms. The summed E-state index contributed by atoms with van der Waals surface area (Å²) in [5, 5.41) is 19.0. The van der Waals surface area contributed by atoms with Gasteiger partial charge in [-0.2, -0.15) is 5.23 Å². The summed E-state index contributed by atoms with van der Waals surface area (Å²) >= 11 is 0. The molecular formula is C21H17NO3. The zero-order valence-electron chi connectivity index (χ0n) is 13.4. The molecule has 0 bridgehead atoms. The Kier molecular flexibility index (Phi) is 5.16. The van der Waals surface area contributed by atoms with E-state index in [0.29, 0.717) is 11.1 Å². The summed E-state index contributed by atoms with van der Waals surface area (Å²) < 4.78 is 0. The van der Waals surface area contributed by atoms with E-state index in [9.17, 15) is 10.0 Å². The lowest BCUT2D eigenvalue weighted by Gasteiger charge is -2.11. The largest absolute Gasteiger partial charge is 0.595 e. The first-order chi connectivity index (χ1) is 12.1. The lowest BCUT2D eigenvalue weighted by molar-refractivity contribution is -0.991. The van der Waals surface area contributed by atoms with Gasteiger partial charge in [0.1, 0.15) is 0 Å². The first-order valence-corrected chi connectivity index (χ1v) is 7.85. The standard InChI is InChI=1S/C21H17NO3/c23-21(18-9-5-2-6-10-18)20(17-7-3-1-4-8-17)15-16-11-13-19(14-12-16)22(24)25/h1-15,22,24H/b20-15+. The molecule has 3 rings (SSSR count). The van der Waals surface area contributed by atoms with Crippen LogP contribution in [0, 0.1) is 5.21 Å². The van der Waals surface area contributed by atoms with E-state index < -0.39 is 5.23 Å². The van der Waals surface area contributed by atoms with E-state index in [4.69, 9.17) is 5.21 Å². The lowest BCUT2D eigenvalue weighted by atomic mass is 9.95. The van der Waals surface area contributed by atoms with Gasteiger partial charge in [0.15, 0.2) is 11.5 Å². The SMILES string of the molecule is O=C(/C(=C/c1ccc([NH+]([O-])O)cc1)c1ccccc1)c1ccccc1. The van der Waals surface area contributed by atoms with Gasteiger partial charge < -0.3 is 5.21 Å². The Morgan fingerprint density at radius 1 is 0.800 bits per heavy atom. The summed E-state index contributed by atoms with van der Waals surface area (Å²) in [4.78, 5) is 13.0. The van der Waals surface area contributed by atoms with Crippen molar-refractivity contribution in [1.82, 2.24) is 0 Å². The minimum Gasteiger partial charge on any atom is -0.595 e. The van der Waals surface area contributed by atoms with Crippen LogP contribution >= 0.6 is 0 Å². The summed E-state index contributed by atoms with van der Waals surface area (Å²) in [6.07, 6.45) is 1.79. The van der Waals surface area contributed by atoms with Crippen molar-refractivity contribution < 1.29 is 15.2 Å². The highest BCUT2D eigenvalue weighted by Crippen LogP contribution is 2.23. The minimum absolute atomic E-state index is 0.0749. The van der Waals surface area contributed by atoms with Gasteiger partial charge in [-0.25, -0.2) is 5.21 Å². The van der Waals surface area contributed by atoms with Crippen LogP contribution in [0.3, 0.4) is 0 Å². The number of carbonyl (C=O) groups excluding carboxylic acids is 1. The van der Waals surface area contributed by atoms with Gasteiger partial charge in [-0.3, -0.25) is 4.79 Å². The molecule has 124 valence electrons. The first-order valence-electron chi connectivity index (χ1n) is 7.85. The van der Waals surface area contributed by atoms with E-state index in [0.717, 1.165) is 11.1 Å². The molecule has 3 aromatic rings. The Hall–Kier alpha value is -3.05. The number of quaternary nitrogens is 1. The molecule has 4 nitrogen and oxygen atoms in total. The summed E-state index contributed by atoms with van der Waals surface area (Å²) in [6, 6.07) is 25.0. The maximum Gasteiger partial charge on any atom is 0.193 e. The van der Waals surface area contributed by atoms with E-state index in [2.05, 4.69) is 0 Å². The molecule has 3 aromatic carbocycles. The summed E-state index contributed by atoms with van der Waals surface area (Å²) in [5.41, 5.74) is 2.98. The second-order valence-corrected chi connectivity index (χ2v) is 5.55. The van der Waals surface area contributed by atoms with E-state index in [1.807, 2.05) is 48.5 Å². The van der Waals surface area contributed by atoms with Crippen molar-refractivity contribution in [2.75, 3.05) is 0 Å². The summed E-state index contributed by atoms with van der Waals surface area (Å²) in [6.45, 7) is 0. The molecule has 0 aliphatic carbocycles. The van der Waals surface area contributed by atoms with Gasteiger partial charge in [-0.1, -0.05) is 60.7 Å². The molecule has 0 saturated heterocycles. The lowest BCUT2D eigenvalue weighted by Crippen LogP contribution is -2.99.